The second kappa shape index (κ2) is 8.99. The number of nitrogens with zero attached hydrogens (tertiary/aromatic N) is 3. The highest BCUT2D eigenvalue weighted by Gasteiger charge is 2.23. The summed E-state index contributed by atoms with van der Waals surface area (Å²) in [6.45, 7) is 7.97. The van der Waals surface area contributed by atoms with E-state index in [1.165, 1.54) is 5.56 Å². The Labute approximate surface area is 156 Å². The summed E-state index contributed by atoms with van der Waals surface area (Å²) in [6.07, 6.45) is 6.14. The molecule has 1 atom stereocenters. The van der Waals surface area contributed by atoms with E-state index >= 15 is 0 Å². The van der Waals surface area contributed by atoms with Crippen LogP contribution in [0.1, 0.15) is 47.8 Å². The van der Waals surface area contributed by atoms with E-state index in [2.05, 4.69) is 52.6 Å². The van der Waals surface area contributed by atoms with Crippen molar-refractivity contribution in [1.82, 2.24) is 20.0 Å². The van der Waals surface area contributed by atoms with Gasteiger partial charge in [0.1, 0.15) is 0 Å². The van der Waals surface area contributed by atoms with Gasteiger partial charge in [-0.2, -0.15) is 5.10 Å². The SMILES string of the molecule is CCCn1cc(C(=O)N[C@H]2CCCN(CCc3ccccc3)C2)c(C)n1. The predicted molar refractivity (Wildman–Crippen MR) is 104 cm³/mol. The Bertz CT molecular complexity index is 710. The molecule has 5 nitrogen and oxygen atoms in total. The van der Waals surface area contributed by atoms with Crippen LogP contribution in [0.5, 0.6) is 0 Å². The molecule has 0 bridgehead atoms. The van der Waals surface area contributed by atoms with Crippen molar-refractivity contribution in [2.24, 2.45) is 0 Å². The average molecular weight is 354 g/mol. The maximum Gasteiger partial charge on any atom is 0.255 e. The third-order valence-corrected chi connectivity index (χ3v) is 5.04. The number of likely N-dealkylation sites (tertiary alicyclic amines) is 1. The van der Waals surface area contributed by atoms with E-state index < -0.39 is 0 Å². The van der Waals surface area contributed by atoms with Crippen molar-refractivity contribution >= 4 is 5.91 Å². The van der Waals surface area contributed by atoms with Crippen LogP contribution in [0.4, 0.5) is 0 Å². The van der Waals surface area contributed by atoms with Crippen LogP contribution in [0.2, 0.25) is 0 Å². The summed E-state index contributed by atoms with van der Waals surface area (Å²) in [5.74, 6) is 0.0137. The first-order chi connectivity index (χ1) is 12.7. The monoisotopic (exact) mass is 354 g/mol. The molecule has 0 radical (unpaired) electrons. The van der Waals surface area contributed by atoms with Gasteiger partial charge in [0.25, 0.3) is 5.91 Å². The molecule has 2 aromatic rings. The number of carbonyl (C=O) groups is 1. The Morgan fingerprint density at radius 3 is 2.85 bits per heavy atom. The molecule has 3 rings (SSSR count). The molecular weight excluding hydrogens is 324 g/mol. The van der Waals surface area contributed by atoms with Crippen LogP contribution in [-0.2, 0) is 13.0 Å². The third-order valence-electron chi connectivity index (χ3n) is 5.04. The van der Waals surface area contributed by atoms with Gasteiger partial charge >= 0.3 is 0 Å². The number of piperidine rings is 1. The smallest absolute Gasteiger partial charge is 0.255 e. The van der Waals surface area contributed by atoms with Crippen molar-refractivity contribution in [2.45, 2.75) is 52.1 Å². The van der Waals surface area contributed by atoms with Gasteiger partial charge in [0.2, 0.25) is 0 Å². The number of aromatic nitrogens is 2. The lowest BCUT2D eigenvalue weighted by Crippen LogP contribution is -2.48. The van der Waals surface area contributed by atoms with E-state index in [4.69, 9.17) is 0 Å². The van der Waals surface area contributed by atoms with Gasteiger partial charge in [-0.25, -0.2) is 0 Å². The van der Waals surface area contributed by atoms with E-state index in [1.54, 1.807) is 0 Å². The topological polar surface area (TPSA) is 50.2 Å². The Hall–Kier alpha value is -2.14. The van der Waals surface area contributed by atoms with Gasteiger partial charge < -0.3 is 10.2 Å². The Balaban J connectivity index is 1.52. The summed E-state index contributed by atoms with van der Waals surface area (Å²) in [5, 5.41) is 7.66. The largest absolute Gasteiger partial charge is 0.348 e. The molecule has 0 saturated carbocycles. The molecule has 1 fully saturated rings. The molecule has 2 heterocycles. The molecule has 1 aromatic heterocycles. The molecule has 0 aliphatic carbocycles. The van der Waals surface area contributed by atoms with Crippen LogP contribution in [0, 0.1) is 6.92 Å². The minimum atomic E-state index is 0.0137. The number of carbonyl (C=O) groups excluding carboxylic acids is 1. The van der Waals surface area contributed by atoms with Crippen molar-refractivity contribution in [2.75, 3.05) is 19.6 Å². The highest BCUT2D eigenvalue weighted by molar-refractivity contribution is 5.95. The molecular formula is C21H30N4O. The first-order valence-electron chi connectivity index (χ1n) is 9.77. The van der Waals surface area contributed by atoms with Crippen LogP contribution in [0.25, 0.3) is 0 Å². The number of amides is 1. The highest BCUT2D eigenvalue weighted by Crippen LogP contribution is 2.13. The lowest BCUT2D eigenvalue weighted by Gasteiger charge is -2.33. The number of hydrogen-bond acceptors (Lipinski definition) is 3. The summed E-state index contributed by atoms with van der Waals surface area (Å²) in [6, 6.07) is 10.8. The summed E-state index contributed by atoms with van der Waals surface area (Å²) < 4.78 is 1.87. The summed E-state index contributed by atoms with van der Waals surface area (Å²) in [5.41, 5.74) is 2.89. The zero-order valence-corrected chi connectivity index (χ0v) is 15.9. The van der Waals surface area contributed by atoms with Gasteiger partial charge in [0.15, 0.2) is 0 Å². The maximum atomic E-state index is 12.7. The number of benzene rings is 1. The van der Waals surface area contributed by atoms with Crippen molar-refractivity contribution in [1.29, 1.82) is 0 Å². The number of rotatable bonds is 7. The van der Waals surface area contributed by atoms with E-state index in [0.717, 1.165) is 57.6 Å². The van der Waals surface area contributed by atoms with Gasteiger partial charge in [-0.15, -0.1) is 0 Å². The van der Waals surface area contributed by atoms with E-state index in [1.807, 2.05) is 17.8 Å². The molecule has 1 aliphatic rings. The van der Waals surface area contributed by atoms with Crippen LogP contribution < -0.4 is 5.32 Å². The zero-order chi connectivity index (χ0) is 18.4. The van der Waals surface area contributed by atoms with Gasteiger partial charge in [-0.3, -0.25) is 9.48 Å². The van der Waals surface area contributed by atoms with Gasteiger partial charge in [-0.1, -0.05) is 37.3 Å². The standard InChI is InChI=1S/C21H30N4O/c1-3-12-25-16-20(17(2)23-25)21(26)22-19-10-7-13-24(15-19)14-11-18-8-5-4-6-9-18/h4-6,8-9,16,19H,3,7,10-15H2,1-2H3,(H,22,26)/t19-/m0/s1. The summed E-state index contributed by atoms with van der Waals surface area (Å²) >= 11 is 0. The molecule has 1 aliphatic heterocycles. The van der Waals surface area contributed by atoms with Crippen molar-refractivity contribution in [3.63, 3.8) is 0 Å². The van der Waals surface area contributed by atoms with Crippen molar-refractivity contribution in [3.05, 3.63) is 53.3 Å². The average Bonchev–Trinajstić information content (AvgIpc) is 3.02. The van der Waals surface area contributed by atoms with Crippen molar-refractivity contribution in [3.8, 4) is 0 Å². The molecule has 1 N–H and O–H groups in total. The minimum Gasteiger partial charge on any atom is -0.348 e. The molecule has 0 spiro atoms. The first-order valence-corrected chi connectivity index (χ1v) is 9.77. The fourth-order valence-electron chi connectivity index (χ4n) is 3.66. The molecule has 1 aromatic carbocycles. The van der Waals surface area contributed by atoms with Gasteiger partial charge in [0, 0.05) is 31.9 Å². The molecule has 26 heavy (non-hydrogen) atoms. The Kier molecular flexibility index (Phi) is 6.45. The molecule has 5 heteroatoms. The Morgan fingerprint density at radius 1 is 1.27 bits per heavy atom. The van der Waals surface area contributed by atoms with Crippen LogP contribution >= 0.6 is 0 Å². The van der Waals surface area contributed by atoms with Gasteiger partial charge in [-0.05, 0) is 44.7 Å². The highest BCUT2D eigenvalue weighted by atomic mass is 16.1. The molecule has 140 valence electrons. The number of aryl methyl sites for hydroxylation is 2. The van der Waals surface area contributed by atoms with Crippen LogP contribution in [-0.4, -0.2) is 46.3 Å². The fraction of sp³-hybridized carbons (Fsp3) is 0.524. The minimum absolute atomic E-state index is 0.0137. The van der Waals surface area contributed by atoms with E-state index in [9.17, 15) is 4.79 Å². The summed E-state index contributed by atoms with van der Waals surface area (Å²) in [4.78, 5) is 15.1. The number of hydrogen-bond donors (Lipinski definition) is 1. The first kappa shape index (κ1) is 18.6. The van der Waals surface area contributed by atoms with Crippen LogP contribution in [0.3, 0.4) is 0 Å². The third kappa shape index (κ3) is 4.94. The quantitative estimate of drug-likeness (QED) is 0.831. The van der Waals surface area contributed by atoms with E-state index in [-0.39, 0.29) is 11.9 Å². The number of nitrogens with one attached hydrogen (secondary N) is 1. The molecule has 1 amide bonds. The fourth-order valence-corrected chi connectivity index (χ4v) is 3.66. The lowest BCUT2D eigenvalue weighted by molar-refractivity contribution is 0.0903. The van der Waals surface area contributed by atoms with Crippen molar-refractivity contribution < 1.29 is 4.79 Å². The summed E-state index contributed by atoms with van der Waals surface area (Å²) in [7, 11) is 0. The van der Waals surface area contributed by atoms with E-state index in [0.29, 0.717) is 5.56 Å². The lowest BCUT2D eigenvalue weighted by atomic mass is 10.0. The maximum absolute atomic E-state index is 12.7. The zero-order valence-electron chi connectivity index (χ0n) is 15.9. The molecule has 0 unspecified atom stereocenters. The van der Waals surface area contributed by atoms with Gasteiger partial charge in [0.05, 0.1) is 11.3 Å². The second-order valence-corrected chi connectivity index (χ2v) is 7.24. The predicted octanol–water partition coefficient (Wildman–Crippen LogP) is 3.04. The Morgan fingerprint density at radius 2 is 2.08 bits per heavy atom. The second-order valence-electron chi connectivity index (χ2n) is 7.24. The normalized spacial score (nSPS) is 18.0. The van der Waals surface area contributed by atoms with Crippen LogP contribution in [0.15, 0.2) is 36.5 Å². The molecule has 1 saturated heterocycles.